The number of carboxylic acid groups (broad SMARTS) is 1. The van der Waals surface area contributed by atoms with Crippen LogP contribution in [0.4, 0.5) is 0 Å². The van der Waals surface area contributed by atoms with E-state index in [1.807, 2.05) is 0 Å². The minimum Gasteiger partial charge on any atom is -0.478 e. The first-order chi connectivity index (χ1) is 6.73. The monoisotopic (exact) mass is 238 g/mol. The van der Waals surface area contributed by atoms with E-state index in [9.17, 15) is 18.0 Å². The maximum atomic E-state index is 10.7. The molecule has 1 unspecified atom stereocenters. The molecule has 0 saturated heterocycles. The quantitative estimate of drug-likeness (QED) is 0.374. The van der Waals surface area contributed by atoms with Gasteiger partial charge in [0.05, 0.1) is 0 Å². The van der Waals surface area contributed by atoms with Crippen LogP contribution in [0.15, 0.2) is 12.2 Å². The van der Waals surface area contributed by atoms with Gasteiger partial charge in [-0.3, -0.25) is 4.55 Å². The van der Waals surface area contributed by atoms with Crippen LogP contribution < -0.4 is 0 Å². The number of hydrogen-bond donors (Lipinski definition) is 2. The van der Waals surface area contributed by atoms with Crippen LogP contribution in [0.5, 0.6) is 0 Å². The summed E-state index contributed by atoms with van der Waals surface area (Å²) in [6.07, 6.45) is 1.19. The highest BCUT2D eigenvalue weighted by atomic mass is 32.2. The van der Waals surface area contributed by atoms with E-state index >= 15 is 0 Å². The van der Waals surface area contributed by atoms with Crippen LogP contribution in [0.1, 0.15) is 6.92 Å². The zero-order valence-electron chi connectivity index (χ0n) is 7.78. The highest BCUT2D eigenvalue weighted by molar-refractivity contribution is 7.86. The highest BCUT2D eigenvalue weighted by Gasteiger charge is 2.18. The van der Waals surface area contributed by atoms with Crippen molar-refractivity contribution in [3.8, 4) is 0 Å². The zero-order valence-corrected chi connectivity index (χ0v) is 8.60. The number of ether oxygens (including phenoxy) is 1. The van der Waals surface area contributed by atoms with E-state index in [-0.39, 0.29) is 0 Å². The maximum absolute atomic E-state index is 10.7. The van der Waals surface area contributed by atoms with Crippen LogP contribution in [0, 0.1) is 0 Å². The summed E-state index contributed by atoms with van der Waals surface area (Å²) in [6.45, 7) is 0.602. The molecule has 0 aromatic rings. The Morgan fingerprint density at radius 1 is 1.40 bits per heavy atom. The first-order valence-corrected chi connectivity index (χ1v) is 5.28. The van der Waals surface area contributed by atoms with Gasteiger partial charge in [0.15, 0.2) is 0 Å². The first kappa shape index (κ1) is 13.6. The van der Waals surface area contributed by atoms with E-state index in [2.05, 4.69) is 4.74 Å². The number of rotatable bonds is 5. The van der Waals surface area contributed by atoms with Crippen molar-refractivity contribution in [2.24, 2.45) is 0 Å². The van der Waals surface area contributed by atoms with Crippen LogP contribution in [0.3, 0.4) is 0 Å². The summed E-state index contributed by atoms with van der Waals surface area (Å²) in [7, 11) is -4.25. The van der Waals surface area contributed by atoms with Gasteiger partial charge in [0.2, 0.25) is 0 Å². The third-order valence-corrected chi connectivity index (χ3v) is 2.48. The molecule has 0 bridgehead atoms. The van der Waals surface area contributed by atoms with Gasteiger partial charge in [-0.15, -0.1) is 0 Å². The molecule has 2 N–H and O–H groups in total. The van der Waals surface area contributed by atoms with Crippen molar-refractivity contribution in [2.45, 2.75) is 12.2 Å². The van der Waals surface area contributed by atoms with Gasteiger partial charge in [-0.25, -0.2) is 9.59 Å². The fourth-order valence-electron chi connectivity index (χ4n) is 0.473. The molecule has 15 heavy (non-hydrogen) atoms. The van der Waals surface area contributed by atoms with Crippen molar-refractivity contribution >= 4 is 22.1 Å². The SMILES string of the molecule is CC(COC(=O)/C=C\C(=O)O)S(=O)(=O)O. The van der Waals surface area contributed by atoms with Gasteiger partial charge in [0, 0.05) is 12.2 Å². The molecule has 0 fully saturated rings. The van der Waals surface area contributed by atoms with Crippen molar-refractivity contribution in [3.05, 3.63) is 12.2 Å². The Morgan fingerprint density at radius 3 is 2.33 bits per heavy atom. The Labute approximate surface area is 86.1 Å². The van der Waals surface area contributed by atoms with E-state index < -0.39 is 33.9 Å². The predicted octanol–water partition coefficient (Wildman–Crippen LogP) is -0.553. The molecule has 0 aromatic carbocycles. The standard InChI is InChI=1S/C7H10O7S/c1-5(15(11,12)13)4-14-7(10)3-2-6(8)9/h2-3,5H,4H2,1H3,(H,8,9)(H,11,12,13)/b3-2-. The summed E-state index contributed by atoms with van der Waals surface area (Å²) in [5.41, 5.74) is 0. The van der Waals surface area contributed by atoms with E-state index in [0.29, 0.717) is 12.2 Å². The number of carbonyl (C=O) groups excluding carboxylic acids is 1. The Morgan fingerprint density at radius 2 is 1.93 bits per heavy atom. The summed E-state index contributed by atoms with van der Waals surface area (Å²) in [5, 5.41) is 6.89. The molecule has 86 valence electrons. The minimum absolute atomic E-state index is 0.540. The Kier molecular flexibility index (Phi) is 4.95. The Balaban J connectivity index is 4.08. The first-order valence-electron chi connectivity index (χ1n) is 3.77. The number of carbonyl (C=O) groups is 2. The van der Waals surface area contributed by atoms with Gasteiger partial charge < -0.3 is 9.84 Å². The van der Waals surface area contributed by atoms with E-state index in [1.54, 1.807) is 0 Å². The third-order valence-electron chi connectivity index (χ3n) is 1.33. The molecule has 0 aliphatic carbocycles. The van der Waals surface area contributed by atoms with E-state index in [0.717, 1.165) is 6.92 Å². The van der Waals surface area contributed by atoms with Gasteiger partial charge in [-0.05, 0) is 6.92 Å². The maximum Gasteiger partial charge on any atom is 0.331 e. The van der Waals surface area contributed by atoms with Crippen LogP contribution in [0.25, 0.3) is 0 Å². The number of carboxylic acids is 1. The fourth-order valence-corrected chi connectivity index (χ4v) is 0.713. The largest absolute Gasteiger partial charge is 0.478 e. The summed E-state index contributed by atoms with van der Waals surface area (Å²) < 4.78 is 33.8. The van der Waals surface area contributed by atoms with Gasteiger partial charge in [-0.1, -0.05) is 0 Å². The molecule has 0 radical (unpaired) electrons. The number of hydrogen-bond acceptors (Lipinski definition) is 5. The molecular weight excluding hydrogens is 228 g/mol. The Hall–Kier alpha value is -1.41. The van der Waals surface area contributed by atoms with Crippen molar-refractivity contribution in [2.75, 3.05) is 6.61 Å². The molecule has 0 aromatic heterocycles. The lowest BCUT2D eigenvalue weighted by Gasteiger charge is -2.06. The van der Waals surface area contributed by atoms with Gasteiger partial charge in [0.25, 0.3) is 10.1 Å². The third kappa shape index (κ3) is 6.63. The van der Waals surface area contributed by atoms with Crippen LogP contribution in [0.2, 0.25) is 0 Å². The topological polar surface area (TPSA) is 118 Å². The average molecular weight is 238 g/mol. The molecule has 0 heterocycles. The smallest absolute Gasteiger partial charge is 0.331 e. The van der Waals surface area contributed by atoms with Crippen molar-refractivity contribution in [1.29, 1.82) is 0 Å². The van der Waals surface area contributed by atoms with Gasteiger partial charge >= 0.3 is 11.9 Å². The molecule has 0 aliphatic heterocycles. The molecule has 0 saturated carbocycles. The molecule has 0 aliphatic rings. The molecule has 0 spiro atoms. The second-order valence-electron chi connectivity index (χ2n) is 2.63. The van der Waals surface area contributed by atoms with Gasteiger partial charge in [0.1, 0.15) is 11.9 Å². The van der Waals surface area contributed by atoms with Crippen molar-refractivity contribution in [3.63, 3.8) is 0 Å². The lowest BCUT2D eigenvalue weighted by molar-refractivity contribution is -0.138. The van der Waals surface area contributed by atoms with E-state index in [4.69, 9.17) is 9.66 Å². The zero-order chi connectivity index (χ0) is 12.1. The summed E-state index contributed by atoms with van der Waals surface area (Å²) in [6, 6.07) is 0. The fraction of sp³-hybridized carbons (Fsp3) is 0.429. The predicted molar refractivity (Wildman–Crippen MR) is 48.7 cm³/mol. The van der Waals surface area contributed by atoms with E-state index in [1.165, 1.54) is 0 Å². The van der Waals surface area contributed by atoms with Crippen LogP contribution >= 0.6 is 0 Å². The number of aliphatic carboxylic acids is 1. The highest BCUT2D eigenvalue weighted by Crippen LogP contribution is 1.98. The normalized spacial score (nSPS) is 13.7. The number of esters is 1. The molecule has 7 nitrogen and oxygen atoms in total. The Bertz CT molecular complexity index is 367. The minimum atomic E-state index is -4.25. The second-order valence-corrected chi connectivity index (χ2v) is 4.46. The van der Waals surface area contributed by atoms with Crippen molar-refractivity contribution < 1.29 is 32.4 Å². The molecule has 8 heteroatoms. The second kappa shape index (κ2) is 5.47. The molecule has 0 rings (SSSR count). The lowest BCUT2D eigenvalue weighted by Crippen LogP contribution is -2.23. The summed E-state index contributed by atoms with van der Waals surface area (Å²) >= 11 is 0. The molecule has 1 atom stereocenters. The summed E-state index contributed by atoms with van der Waals surface area (Å²) in [5.74, 6) is -2.32. The van der Waals surface area contributed by atoms with Crippen LogP contribution in [-0.4, -0.2) is 41.9 Å². The van der Waals surface area contributed by atoms with Crippen molar-refractivity contribution in [1.82, 2.24) is 0 Å². The molecular formula is C7H10O7S. The summed E-state index contributed by atoms with van der Waals surface area (Å²) in [4.78, 5) is 20.7. The molecule has 0 amide bonds. The lowest BCUT2D eigenvalue weighted by atomic mass is 10.5. The van der Waals surface area contributed by atoms with Crippen LogP contribution in [-0.2, 0) is 24.4 Å². The average Bonchev–Trinajstić information content (AvgIpc) is 2.09. The van der Waals surface area contributed by atoms with Gasteiger partial charge in [-0.2, -0.15) is 8.42 Å².